The summed E-state index contributed by atoms with van der Waals surface area (Å²) in [6, 6.07) is 0.375. The van der Waals surface area contributed by atoms with Crippen molar-refractivity contribution in [1.29, 1.82) is 0 Å². The van der Waals surface area contributed by atoms with E-state index >= 15 is 0 Å². The number of likely N-dealkylation sites (N-methyl/N-ethyl adjacent to an activating group) is 1. The Morgan fingerprint density at radius 1 is 1.19 bits per heavy atom. The van der Waals surface area contributed by atoms with E-state index in [1.54, 1.807) is 4.80 Å². The number of tetrazole rings is 1. The van der Waals surface area contributed by atoms with E-state index in [0.29, 0.717) is 6.04 Å². The number of rotatable bonds is 8. The summed E-state index contributed by atoms with van der Waals surface area (Å²) in [6.45, 7) is 10.2. The fourth-order valence-electron chi connectivity index (χ4n) is 3.86. The lowest BCUT2D eigenvalue weighted by atomic mass is 9.81. The monoisotopic (exact) mass is 294 g/mol. The number of likely N-dealkylation sites (tertiary alicyclic amines) is 1. The molecule has 2 heterocycles. The van der Waals surface area contributed by atoms with Crippen molar-refractivity contribution in [2.24, 2.45) is 7.05 Å². The fourth-order valence-corrected chi connectivity index (χ4v) is 3.86. The van der Waals surface area contributed by atoms with Gasteiger partial charge in [-0.3, -0.25) is 4.90 Å². The van der Waals surface area contributed by atoms with E-state index in [-0.39, 0.29) is 5.54 Å². The average Bonchev–Trinajstić information content (AvgIpc) is 3.13. The highest BCUT2D eigenvalue weighted by atomic mass is 15.6. The molecule has 1 aromatic heterocycles. The molecule has 1 saturated heterocycles. The van der Waals surface area contributed by atoms with E-state index in [9.17, 15) is 0 Å². The van der Waals surface area contributed by atoms with Crippen molar-refractivity contribution in [3.63, 3.8) is 0 Å². The highest BCUT2D eigenvalue weighted by molar-refractivity contribution is 5.03. The highest BCUT2D eigenvalue weighted by Crippen LogP contribution is 2.32. The summed E-state index contributed by atoms with van der Waals surface area (Å²) in [5, 5.41) is 16.2. The maximum absolute atomic E-state index is 4.38. The Morgan fingerprint density at radius 2 is 1.86 bits per heavy atom. The number of hydrogen-bond donors (Lipinski definition) is 1. The largest absolute Gasteiger partial charge is 0.312 e. The average molecular weight is 294 g/mol. The molecule has 0 radical (unpaired) electrons. The first-order valence-electron chi connectivity index (χ1n) is 8.37. The summed E-state index contributed by atoms with van der Waals surface area (Å²) < 4.78 is 0. The van der Waals surface area contributed by atoms with Gasteiger partial charge in [-0.25, -0.2) is 0 Å². The van der Waals surface area contributed by atoms with Crippen LogP contribution in [-0.2, 0) is 13.5 Å². The highest BCUT2D eigenvalue weighted by Gasteiger charge is 2.42. The minimum absolute atomic E-state index is 0.200. The second kappa shape index (κ2) is 7.31. The van der Waals surface area contributed by atoms with E-state index in [1.165, 1.54) is 25.9 Å². The molecule has 1 aromatic rings. The quantitative estimate of drug-likeness (QED) is 0.785. The van der Waals surface area contributed by atoms with Gasteiger partial charge in [-0.15, -0.1) is 10.2 Å². The minimum atomic E-state index is 0.200. The van der Waals surface area contributed by atoms with Gasteiger partial charge in [0.25, 0.3) is 0 Å². The first kappa shape index (κ1) is 16.4. The zero-order valence-electron chi connectivity index (χ0n) is 14.0. The van der Waals surface area contributed by atoms with Crippen LogP contribution in [0.3, 0.4) is 0 Å². The Kier molecular flexibility index (Phi) is 5.70. The van der Waals surface area contributed by atoms with Crippen molar-refractivity contribution < 1.29 is 0 Å². The zero-order chi connectivity index (χ0) is 15.3. The van der Waals surface area contributed by atoms with E-state index in [1.807, 2.05) is 7.05 Å². The molecule has 1 aliphatic heterocycles. The standard InChI is InChI=1S/C15H30N6/c1-5-15(6-2,21-10-8-9-11-21)13(16-7-3)12-14-17-19-20(4)18-14/h13,16H,5-12H2,1-4H3. The van der Waals surface area contributed by atoms with Gasteiger partial charge in [-0.05, 0) is 50.5 Å². The molecular formula is C15H30N6. The minimum Gasteiger partial charge on any atom is -0.312 e. The lowest BCUT2D eigenvalue weighted by Crippen LogP contribution is -2.61. The maximum Gasteiger partial charge on any atom is 0.176 e. The van der Waals surface area contributed by atoms with Gasteiger partial charge in [-0.1, -0.05) is 20.8 Å². The van der Waals surface area contributed by atoms with Crippen molar-refractivity contribution >= 4 is 0 Å². The summed E-state index contributed by atoms with van der Waals surface area (Å²) in [5.41, 5.74) is 0.200. The van der Waals surface area contributed by atoms with Crippen LogP contribution in [0.25, 0.3) is 0 Å². The molecular weight excluding hydrogens is 264 g/mol. The van der Waals surface area contributed by atoms with Gasteiger partial charge >= 0.3 is 0 Å². The number of nitrogens with one attached hydrogen (secondary N) is 1. The maximum atomic E-state index is 4.38. The third kappa shape index (κ3) is 3.43. The van der Waals surface area contributed by atoms with Gasteiger partial charge < -0.3 is 5.32 Å². The van der Waals surface area contributed by atoms with Crippen LogP contribution in [0.4, 0.5) is 0 Å². The normalized spacial score (nSPS) is 18.3. The lowest BCUT2D eigenvalue weighted by Gasteiger charge is -2.47. The van der Waals surface area contributed by atoms with Crippen LogP contribution >= 0.6 is 0 Å². The van der Waals surface area contributed by atoms with Crippen molar-refractivity contribution in [2.45, 2.75) is 64.5 Å². The van der Waals surface area contributed by atoms with Crippen LogP contribution in [0.2, 0.25) is 0 Å². The van der Waals surface area contributed by atoms with Gasteiger partial charge in [0.15, 0.2) is 5.82 Å². The Labute approximate surface area is 128 Å². The van der Waals surface area contributed by atoms with Crippen molar-refractivity contribution in [3.05, 3.63) is 5.82 Å². The molecule has 21 heavy (non-hydrogen) atoms. The summed E-state index contributed by atoms with van der Waals surface area (Å²) >= 11 is 0. The predicted octanol–water partition coefficient (Wildman–Crippen LogP) is 1.39. The van der Waals surface area contributed by atoms with Gasteiger partial charge in [0, 0.05) is 18.0 Å². The number of aryl methyl sites for hydroxylation is 1. The second-order valence-electron chi connectivity index (χ2n) is 6.01. The summed E-state index contributed by atoms with van der Waals surface area (Å²) in [6.07, 6.45) is 5.80. The molecule has 120 valence electrons. The molecule has 6 heteroatoms. The van der Waals surface area contributed by atoms with Gasteiger partial charge in [-0.2, -0.15) is 4.80 Å². The molecule has 1 fully saturated rings. The van der Waals surface area contributed by atoms with E-state index in [0.717, 1.165) is 31.6 Å². The fraction of sp³-hybridized carbons (Fsp3) is 0.933. The smallest absolute Gasteiger partial charge is 0.176 e. The Balaban J connectivity index is 2.22. The first-order chi connectivity index (χ1) is 10.2. The van der Waals surface area contributed by atoms with Crippen molar-refractivity contribution in [2.75, 3.05) is 19.6 Å². The second-order valence-corrected chi connectivity index (χ2v) is 6.01. The molecule has 1 aliphatic rings. The van der Waals surface area contributed by atoms with E-state index in [2.05, 4.69) is 46.4 Å². The van der Waals surface area contributed by atoms with Crippen LogP contribution in [-0.4, -0.2) is 56.3 Å². The molecule has 0 bridgehead atoms. The summed E-state index contributed by atoms with van der Waals surface area (Å²) in [4.78, 5) is 4.24. The van der Waals surface area contributed by atoms with Crippen molar-refractivity contribution in [1.82, 2.24) is 30.4 Å². The van der Waals surface area contributed by atoms with Crippen LogP contribution < -0.4 is 5.32 Å². The van der Waals surface area contributed by atoms with Crippen LogP contribution in [0, 0.1) is 0 Å². The third-order valence-corrected chi connectivity index (χ3v) is 5.00. The van der Waals surface area contributed by atoms with Crippen LogP contribution in [0.15, 0.2) is 0 Å². The number of nitrogens with zero attached hydrogens (tertiary/aromatic N) is 5. The summed E-state index contributed by atoms with van der Waals surface area (Å²) in [5.74, 6) is 0.842. The number of hydrogen-bond acceptors (Lipinski definition) is 5. The molecule has 0 saturated carbocycles. The van der Waals surface area contributed by atoms with E-state index < -0.39 is 0 Å². The molecule has 1 N–H and O–H groups in total. The summed E-state index contributed by atoms with van der Waals surface area (Å²) in [7, 11) is 1.83. The zero-order valence-corrected chi connectivity index (χ0v) is 14.0. The predicted molar refractivity (Wildman–Crippen MR) is 84.1 cm³/mol. The topological polar surface area (TPSA) is 58.9 Å². The van der Waals surface area contributed by atoms with Crippen LogP contribution in [0.5, 0.6) is 0 Å². The SMILES string of the molecule is CCNC(Cc1nnn(C)n1)C(CC)(CC)N1CCCC1. The van der Waals surface area contributed by atoms with Crippen molar-refractivity contribution in [3.8, 4) is 0 Å². The molecule has 6 nitrogen and oxygen atoms in total. The van der Waals surface area contributed by atoms with Gasteiger partial charge in [0.2, 0.25) is 0 Å². The Hall–Kier alpha value is -1.01. The molecule has 0 spiro atoms. The van der Waals surface area contributed by atoms with Gasteiger partial charge in [0.05, 0.1) is 7.05 Å². The van der Waals surface area contributed by atoms with Crippen LogP contribution in [0.1, 0.15) is 52.3 Å². The third-order valence-electron chi connectivity index (χ3n) is 5.00. The first-order valence-corrected chi connectivity index (χ1v) is 8.37. The Morgan fingerprint density at radius 3 is 2.33 bits per heavy atom. The van der Waals surface area contributed by atoms with Gasteiger partial charge in [0.1, 0.15) is 0 Å². The molecule has 1 unspecified atom stereocenters. The molecule has 0 aromatic carbocycles. The lowest BCUT2D eigenvalue weighted by molar-refractivity contribution is 0.0619. The Bertz CT molecular complexity index is 420. The molecule has 0 amide bonds. The molecule has 0 aliphatic carbocycles. The molecule has 2 rings (SSSR count). The number of aromatic nitrogens is 4. The van der Waals surface area contributed by atoms with E-state index in [4.69, 9.17) is 0 Å². The molecule has 1 atom stereocenters.